The highest BCUT2D eigenvalue weighted by molar-refractivity contribution is 4.82. The van der Waals surface area contributed by atoms with Gasteiger partial charge < -0.3 is 15.4 Å². The average Bonchev–Trinajstić information content (AvgIpc) is 2.96. The molecule has 0 radical (unpaired) electrons. The minimum Gasteiger partial charge on any atom is -0.381 e. The first kappa shape index (κ1) is 16.9. The quantitative estimate of drug-likeness (QED) is 0.652. The number of hydrogen-bond donors (Lipinski definition) is 1. The van der Waals surface area contributed by atoms with Gasteiger partial charge in [-0.05, 0) is 45.6 Å². The summed E-state index contributed by atoms with van der Waals surface area (Å²) in [6.07, 6.45) is 2.41. The summed E-state index contributed by atoms with van der Waals surface area (Å²) in [6, 6.07) is 0.504. The minimum absolute atomic E-state index is 0.504. The molecule has 2 unspecified atom stereocenters. The Hall–Kier alpha value is -0.160. The largest absolute Gasteiger partial charge is 0.381 e. The highest BCUT2D eigenvalue weighted by Crippen LogP contribution is 2.20. The molecule has 114 valence electrons. The smallest absolute Gasteiger partial charge is 0.0510 e. The Bertz CT molecular complexity index is 215. The van der Waals surface area contributed by atoms with E-state index in [4.69, 9.17) is 10.5 Å². The van der Waals surface area contributed by atoms with Crippen molar-refractivity contribution < 1.29 is 4.74 Å². The predicted octanol–water partition coefficient (Wildman–Crippen LogP) is 1.40. The molecule has 2 atom stereocenters. The second-order valence-corrected chi connectivity index (χ2v) is 5.44. The molecule has 0 aromatic rings. The van der Waals surface area contributed by atoms with Crippen molar-refractivity contribution in [3.05, 3.63) is 0 Å². The summed E-state index contributed by atoms with van der Waals surface area (Å²) < 4.78 is 5.52. The van der Waals surface area contributed by atoms with E-state index >= 15 is 0 Å². The van der Waals surface area contributed by atoms with Crippen LogP contribution < -0.4 is 5.73 Å². The monoisotopic (exact) mass is 271 g/mol. The van der Waals surface area contributed by atoms with Crippen molar-refractivity contribution in [1.29, 1.82) is 0 Å². The van der Waals surface area contributed by atoms with E-state index in [0.29, 0.717) is 12.0 Å². The Labute approximate surface area is 119 Å². The third-order valence-electron chi connectivity index (χ3n) is 4.44. The van der Waals surface area contributed by atoms with Crippen molar-refractivity contribution in [3.8, 4) is 0 Å². The summed E-state index contributed by atoms with van der Waals surface area (Å²) in [5.41, 5.74) is 6.01. The van der Waals surface area contributed by atoms with Gasteiger partial charge in [-0.25, -0.2) is 0 Å². The zero-order valence-electron chi connectivity index (χ0n) is 13.1. The van der Waals surface area contributed by atoms with Crippen LogP contribution in [-0.2, 0) is 4.74 Å². The van der Waals surface area contributed by atoms with Crippen LogP contribution in [0.1, 0.15) is 33.6 Å². The molecule has 0 aromatic heterocycles. The summed E-state index contributed by atoms with van der Waals surface area (Å²) >= 11 is 0. The molecule has 0 saturated carbocycles. The number of likely N-dealkylation sites (N-methyl/N-ethyl adjacent to an activating group) is 1. The Morgan fingerprint density at radius 3 is 2.37 bits per heavy atom. The van der Waals surface area contributed by atoms with Crippen LogP contribution in [0, 0.1) is 5.92 Å². The topological polar surface area (TPSA) is 41.7 Å². The van der Waals surface area contributed by atoms with E-state index in [1.165, 1.54) is 19.4 Å². The van der Waals surface area contributed by atoms with E-state index in [1.807, 2.05) is 0 Å². The van der Waals surface area contributed by atoms with E-state index in [2.05, 4.69) is 30.6 Å². The van der Waals surface area contributed by atoms with Gasteiger partial charge in [0.1, 0.15) is 0 Å². The van der Waals surface area contributed by atoms with Gasteiger partial charge in [-0.2, -0.15) is 0 Å². The second-order valence-electron chi connectivity index (χ2n) is 5.44. The van der Waals surface area contributed by atoms with Crippen LogP contribution in [-0.4, -0.2) is 68.3 Å². The van der Waals surface area contributed by atoms with Crippen molar-refractivity contribution in [3.63, 3.8) is 0 Å². The summed E-state index contributed by atoms with van der Waals surface area (Å²) in [6.45, 7) is 15.0. The Kier molecular flexibility index (Phi) is 8.62. The molecule has 1 aliphatic heterocycles. The van der Waals surface area contributed by atoms with Gasteiger partial charge in [-0.15, -0.1) is 0 Å². The number of ether oxygens (including phenoxy) is 1. The molecule has 1 fully saturated rings. The standard InChI is InChI=1S/C15H33N3O/c1-4-17(5-2)9-7-10-18(6-3)15(12-16)14-8-11-19-13-14/h14-15H,4-13,16H2,1-3H3. The number of rotatable bonds is 10. The molecule has 2 N–H and O–H groups in total. The van der Waals surface area contributed by atoms with Crippen molar-refractivity contribution in [2.24, 2.45) is 11.7 Å². The first-order chi connectivity index (χ1) is 9.26. The molecule has 19 heavy (non-hydrogen) atoms. The van der Waals surface area contributed by atoms with E-state index in [-0.39, 0.29) is 0 Å². The molecule has 4 heteroatoms. The van der Waals surface area contributed by atoms with E-state index in [1.54, 1.807) is 0 Å². The maximum atomic E-state index is 6.01. The molecule has 1 aliphatic rings. The minimum atomic E-state index is 0.504. The molecule has 1 rings (SSSR count). The maximum Gasteiger partial charge on any atom is 0.0510 e. The second kappa shape index (κ2) is 9.70. The van der Waals surface area contributed by atoms with Gasteiger partial charge in [-0.3, -0.25) is 4.90 Å². The van der Waals surface area contributed by atoms with Crippen molar-refractivity contribution in [2.75, 3.05) is 52.5 Å². The lowest BCUT2D eigenvalue weighted by atomic mass is 9.97. The Balaban J connectivity index is 2.37. The fourth-order valence-corrected chi connectivity index (χ4v) is 3.09. The molecular formula is C15H33N3O. The molecular weight excluding hydrogens is 238 g/mol. The summed E-state index contributed by atoms with van der Waals surface area (Å²) in [4.78, 5) is 5.05. The van der Waals surface area contributed by atoms with Crippen LogP contribution in [0.5, 0.6) is 0 Å². The fourth-order valence-electron chi connectivity index (χ4n) is 3.09. The van der Waals surface area contributed by atoms with Crippen LogP contribution >= 0.6 is 0 Å². The summed E-state index contributed by atoms with van der Waals surface area (Å²) in [5, 5.41) is 0. The number of nitrogens with two attached hydrogens (primary N) is 1. The SMILES string of the molecule is CCN(CC)CCCN(CC)C(CN)C1CCOC1. The Morgan fingerprint density at radius 1 is 1.16 bits per heavy atom. The first-order valence-corrected chi connectivity index (χ1v) is 8.00. The maximum absolute atomic E-state index is 6.01. The van der Waals surface area contributed by atoms with Crippen molar-refractivity contribution in [1.82, 2.24) is 9.80 Å². The first-order valence-electron chi connectivity index (χ1n) is 8.00. The fraction of sp³-hybridized carbons (Fsp3) is 1.00. The lowest BCUT2D eigenvalue weighted by Gasteiger charge is -2.34. The summed E-state index contributed by atoms with van der Waals surface area (Å²) in [5.74, 6) is 0.637. The van der Waals surface area contributed by atoms with Gasteiger partial charge in [0.15, 0.2) is 0 Å². The predicted molar refractivity (Wildman–Crippen MR) is 81.4 cm³/mol. The van der Waals surface area contributed by atoms with Crippen molar-refractivity contribution >= 4 is 0 Å². The normalized spacial score (nSPS) is 21.5. The van der Waals surface area contributed by atoms with Gasteiger partial charge in [0.25, 0.3) is 0 Å². The van der Waals surface area contributed by atoms with Crippen LogP contribution in [0.2, 0.25) is 0 Å². The van der Waals surface area contributed by atoms with Crippen molar-refractivity contribution in [2.45, 2.75) is 39.7 Å². The highest BCUT2D eigenvalue weighted by Gasteiger charge is 2.28. The van der Waals surface area contributed by atoms with Crippen LogP contribution in [0.25, 0.3) is 0 Å². The molecule has 0 aromatic carbocycles. The van der Waals surface area contributed by atoms with E-state index < -0.39 is 0 Å². The van der Waals surface area contributed by atoms with Gasteiger partial charge in [0.2, 0.25) is 0 Å². The van der Waals surface area contributed by atoms with Gasteiger partial charge in [-0.1, -0.05) is 20.8 Å². The van der Waals surface area contributed by atoms with Gasteiger partial charge in [0.05, 0.1) is 6.61 Å². The molecule has 4 nitrogen and oxygen atoms in total. The van der Waals surface area contributed by atoms with Crippen LogP contribution in [0.3, 0.4) is 0 Å². The third-order valence-corrected chi connectivity index (χ3v) is 4.44. The molecule has 0 bridgehead atoms. The van der Waals surface area contributed by atoms with Crippen LogP contribution in [0.4, 0.5) is 0 Å². The van der Waals surface area contributed by atoms with Gasteiger partial charge >= 0.3 is 0 Å². The molecule has 1 heterocycles. The average molecular weight is 271 g/mol. The lowest BCUT2D eigenvalue weighted by Crippen LogP contribution is -2.46. The van der Waals surface area contributed by atoms with Crippen LogP contribution in [0.15, 0.2) is 0 Å². The Morgan fingerprint density at radius 2 is 1.89 bits per heavy atom. The molecule has 0 amide bonds. The van der Waals surface area contributed by atoms with E-state index in [0.717, 1.165) is 45.9 Å². The van der Waals surface area contributed by atoms with Gasteiger partial charge in [0, 0.05) is 25.1 Å². The molecule has 0 aliphatic carbocycles. The zero-order chi connectivity index (χ0) is 14.1. The molecule has 0 spiro atoms. The summed E-state index contributed by atoms with van der Waals surface area (Å²) in [7, 11) is 0. The third kappa shape index (κ3) is 5.38. The molecule has 1 saturated heterocycles. The van der Waals surface area contributed by atoms with E-state index in [9.17, 15) is 0 Å². The number of nitrogens with zero attached hydrogens (tertiary/aromatic N) is 2. The lowest BCUT2D eigenvalue weighted by molar-refractivity contribution is 0.121. The number of hydrogen-bond acceptors (Lipinski definition) is 4. The zero-order valence-corrected chi connectivity index (χ0v) is 13.1. The highest BCUT2D eigenvalue weighted by atomic mass is 16.5.